The summed E-state index contributed by atoms with van der Waals surface area (Å²) in [7, 11) is 0. The molecule has 2 atom stereocenters. The summed E-state index contributed by atoms with van der Waals surface area (Å²) in [4.78, 5) is 0. The van der Waals surface area contributed by atoms with Gasteiger partial charge < -0.3 is 4.74 Å². The standard InChI is InChI=1S/C9H12O.C2H6/c1-2-8-5-3-4-6-9(8)7-10-9;1-2/h1,8H,3-7H2;1-2H3. The molecule has 0 N–H and O–H groups in total. The summed E-state index contributed by atoms with van der Waals surface area (Å²) in [6, 6.07) is 0. The van der Waals surface area contributed by atoms with Crippen LogP contribution >= 0.6 is 0 Å². The van der Waals surface area contributed by atoms with Gasteiger partial charge in [-0.25, -0.2) is 0 Å². The van der Waals surface area contributed by atoms with E-state index in [0.29, 0.717) is 5.92 Å². The largest absolute Gasteiger partial charge is 0.368 e. The summed E-state index contributed by atoms with van der Waals surface area (Å²) in [5, 5.41) is 0. The number of rotatable bonds is 0. The van der Waals surface area contributed by atoms with Gasteiger partial charge >= 0.3 is 0 Å². The second-order valence-electron chi connectivity index (χ2n) is 3.32. The first kappa shape index (κ1) is 9.61. The Bertz CT molecular complexity index is 174. The van der Waals surface area contributed by atoms with Crippen molar-refractivity contribution in [2.24, 2.45) is 5.92 Å². The Morgan fingerprint density at radius 2 is 2.08 bits per heavy atom. The summed E-state index contributed by atoms with van der Waals surface area (Å²) in [5.74, 6) is 3.25. The molecule has 0 bridgehead atoms. The summed E-state index contributed by atoms with van der Waals surface area (Å²) in [5.41, 5.74) is 0.160. The molecule has 1 heterocycles. The van der Waals surface area contributed by atoms with E-state index in [2.05, 4.69) is 5.92 Å². The third kappa shape index (κ3) is 1.64. The first-order valence-electron chi connectivity index (χ1n) is 4.97. The second-order valence-corrected chi connectivity index (χ2v) is 3.32. The summed E-state index contributed by atoms with van der Waals surface area (Å²) >= 11 is 0. The fraction of sp³-hybridized carbons (Fsp3) is 0.818. The van der Waals surface area contributed by atoms with Crippen molar-refractivity contribution in [3.63, 3.8) is 0 Å². The zero-order valence-electron chi connectivity index (χ0n) is 8.10. The molecule has 1 nitrogen and oxygen atoms in total. The average molecular weight is 166 g/mol. The number of terminal acetylenes is 1. The molecule has 1 spiro atoms. The third-order valence-corrected chi connectivity index (χ3v) is 2.69. The Balaban J connectivity index is 0.000000336. The molecule has 0 aromatic heterocycles. The van der Waals surface area contributed by atoms with E-state index < -0.39 is 0 Å². The topological polar surface area (TPSA) is 12.5 Å². The zero-order chi connectivity index (χ0) is 9.03. The van der Waals surface area contributed by atoms with Gasteiger partial charge in [0.1, 0.15) is 5.60 Å². The minimum Gasteiger partial charge on any atom is -0.368 e. The van der Waals surface area contributed by atoms with Crippen LogP contribution in [0.1, 0.15) is 39.5 Å². The molecular formula is C11H18O. The number of ether oxygens (including phenoxy) is 1. The molecule has 2 rings (SSSR count). The van der Waals surface area contributed by atoms with E-state index in [9.17, 15) is 0 Å². The van der Waals surface area contributed by atoms with Gasteiger partial charge in [0, 0.05) is 0 Å². The lowest BCUT2D eigenvalue weighted by Crippen LogP contribution is -2.26. The Morgan fingerprint density at radius 1 is 1.42 bits per heavy atom. The van der Waals surface area contributed by atoms with Crippen LogP contribution in [-0.4, -0.2) is 12.2 Å². The monoisotopic (exact) mass is 166 g/mol. The van der Waals surface area contributed by atoms with Crippen LogP contribution in [0.3, 0.4) is 0 Å². The molecule has 0 amide bonds. The predicted octanol–water partition coefficient (Wildman–Crippen LogP) is 2.61. The van der Waals surface area contributed by atoms with Crippen molar-refractivity contribution in [1.82, 2.24) is 0 Å². The molecule has 2 aliphatic rings. The number of hydrogen-bond acceptors (Lipinski definition) is 1. The van der Waals surface area contributed by atoms with Crippen molar-refractivity contribution in [2.45, 2.75) is 45.1 Å². The van der Waals surface area contributed by atoms with Gasteiger partial charge in [-0.05, 0) is 12.8 Å². The normalized spacial score (nSPS) is 37.9. The molecule has 0 aromatic rings. The summed E-state index contributed by atoms with van der Waals surface area (Å²) in [6.07, 6.45) is 10.4. The predicted molar refractivity (Wildman–Crippen MR) is 50.8 cm³/mol. The lowest BCUT2D eigenvalue weighted by Gasteiger charge is -2.24. The second kappa shape index (κ2) is 3.96. The van der Waals surface area contributed by atoms with Crippen LogP contribution in [-0.2, 0) is 4.74 Å². The fourth-order valence-electron chi connectivity index (χ4n) is 1.88. The van der Waals surface area contributed by atoms with E-state index in [4.69, 9.17) is 11.2 Å². The maximum Gasteiger partial charge on any atom is 0.105 e. The molecule has 1 aliphatic heterocycles. The highest BCUT2D eigenvalue weighted by Gasteiger charge is 2.51. The number of epoxide rings is 1. The molecule has 1 saturated carbocycles. The summed E-state index contributed by atoms with van der Waals surface area (Å²) in [6.45, 7) is 4.92. The van der Waals surface area contributed by atoms with E-state index in [0.717, 1.165) is 6.61 Å². The molecule has 1 heteroatoms. The van der Waals surface area contributed by atoms with Crippen LogP contribution in [0.4, 0.5) is 0 Å². The molecule has 0 aromatic carbocycles. The van der Waals surface area contributed by atoms with Crippen molar-refractivity contribution in [2.75, 3.05) is 6.61 Å². The van der Waals surface area contributed by atoms with Gasteiger partial charge in [0.15, 0.2) is 0 Å². The molecule has 68 valence electrons. The lowest BCUT2D eigenvalue weighted by atomic mass is 9.80. The molecule has 1 aliphatic carbocycles. The smallest absolute Gasteiger partial charge is 0.105 e. The molecule has 2 unspecified atom stereocenters. The van der Waals surface area contributed by atoms with E-state index in [1.165, 1.54) is 25.7 Å². The van der Waals surface area contributed by atoms with Gasteiger partial charge in [0.2, 0.25) is 0 Å². The Kier molecular flexibility index (Phi) is 3.17. The third-order valence-electron chi connectivity index (χ3n) is 2.69. The Morgan fingerprint density at radius 3 is 2.50 bits per heavy atom. The highest BCUT2D eigenvalue weighted by molar-refractivity contribution is 5.12. The van der Waals surface area contributed by atoms with Gasteiger partial charge in [-0.3, -0.25) is 0 Å². The van der Waals surface area contributed by atoms with Gasteiger partial charge in [-0.15, -0.1) is 12.3 Å². The van der Waals surface area contributed by atoms with Crippen LogP contribution in [0.15, 0.2) is 0 Å². The van der Waals surface area contributed by atoms with E-state index in [-0.39, 0.29) is 5.60 Å². The van der Waals surface area contributed by atoms with Gasteiger partial charge in [-0.2, -0.15) is 0 Å². The van der Waals surface area contributed by atoms with Crippen molar-refractivity contribution < 1.29 is 4.74 Å². The van der Waals surface area contributed by atoms with Crippen LogP contribution in [0, 0.1) is 18.3 Å². The van der Waals surface area contributed by atoms with Crippen LogP contribution in [0.5, 0.6) is 0 Å². The van der Waals surface area contributed by atoms with Crippen molar-refractivity contribution in [3.05, 3.63) is 0 Å². The van der Waals surface area contributed by atoms with Gasteiger partial charge in [0.05, 0.1) is 12.5 Å². The van der Waals surface area contributed by atoms with Crippen LogP contribution in [0.2, 0.25) is 0 Å². The average Bonchev–Trinajstić information content (AvgIpc) is 2.90. The van der Waals surface area contributed by atoms with Crippen LogP contribution < -0.4 is 0 Å². The molecular weight excluding hydrogens is 148 g/mol. The van der Waals surface area contributed by atoms with E-state index in [1.54, 1.807) is 0 Å². The maximum atomic E-state index is 5.40. The molecule has 12 heavy (non-hydrogen) atoms. The highest BCUT2D eigenvalue weighted by atomic mass is 16.6. The van der Waals surface area contributed by atoms with Crippen molar-refractivity contribution in [3.8, 4) is 12.3 Å². The minimum atomic E-state index is 0.160. The van der Waals surface area contributed by atoms with Crippen molar-refractivity contribution in [1.29, 1.82) is 0 Å². The van der Waals surface area contributed by atoms with E-state index in [1.807, 2.05) is 13.8 Å². The van der Waals surface area contributed by atoms with Gasteiger partial charge in [-0.1, -0.05) is 26.7 Å². The number of hydrogen-bond donors (Lipinski definition) is 0. The SMILES string of the molecule is C#CC1CCCCC12CO2.CC. The van der Waals surface area contributed by atoms with Crippen molar-refractivity contribution >= 4 is 0 Å². The fourth-order valence-corrected chi connectivity index (χ4v) is 1.88. The van der Waals surface area contributed by atoms with Crippen LogP contribution in [0.25, 0.3) is 0 Å². The molecule has 1 saturated heterocycles. The molecule has 2 fully saturated rings. The Labute approximate surface area is 75.5 Å². The first-order chi connectivity index (χ1) is 5.87. The minimum absolute atomic E-state index is 0.160. The highest BCUT2D eigenvalue weighted by Crippen LogP contribution is 2.45. The Hall–Kier alpha value is -0.480. The quantitative estimate of drug-likeness (QED) is 0.398. The first-order valence-corrected chi connectivity index (χ1v) is 4.97. The van der Waals surface area contributed by atoms with E-state index >= 15 is 0 Å². The molecule has 0 radical (unpaired) electrons. The summed E-state index contributed by atoms with van der Waals surface area (Å²) < 4.78 is 5.40. The van der Waals surface area contributed by atoms with Gasteiger partial charge in [0.25, 0.3) is 0 Å². The maximum absolute atomic E-state index is 5.40. The lowest BCUT2D eigenvalue weighted by molar-refractivity contribution is 0.195. The zero-order valence-corrected chi connectivity index (χ0v) is 8.10.